The van der Waals surface area contributed by atoms with E-state index in [9.17, 15) is 9.18 Å². The van der Waals surface area contributed by atoms with E-state index in [-0.39, 0.29) is 17.1 Å². The third-order valence-electron chi connectivity index (χ3n) is 2.83. The first-order chi connectivity index (χ1) is 11.0. The lowest BCUT2D eigenvalue weighted by Gasteiger charge is -2.09. The molecule has 0 aromatic heterocycles. The minimum atomic E-state index is -0.438. The summed E-state index contributed by atoms with van der Waals surface area (Å²) < 4.78 is 13.6. The molecule has 0 aliphatic carbocycles. The molecule has 2 rings (SSSR count). The van der Waals surface area contributed by atoms with Gasteiger partial charge in [0.2, 0.25) is 5.71 Å². The Hall–Kier alpha value is -3.03. The summed E-state index contributed by atoms with van der Waals surface area (Å²) in [5, 5.41) is 21.0. The molecular weight excluding hydrogens is 363 g/mol. The largest absolute Gasteiger partial charge is 0.289 e. The van der Waals surface area contributed by atoms with Crippen molar-refractivity contribution in [3.05, 3.63) is 63.9 Å². The van der Waals surface area contributed by atoms with Crippen molar-refractivity contribution in [1.82, 2.24) is 0 Å². The zero-order valence-electron chi connectivity index (χ0n) is 11.5. The maximum atomic E-state index is 13.0. The molecule has 0 aliphatic heterocycles. The number of carbonyl (C=O) groups excluding carboxylic acids is 1. The molecular formula is C16H8BrFN4O. The second kappa shape index (κ2) is 7.30. The first-order valence-electron chi connectivity index (χ1n) is 6.29. The molecule has 7 heteroatoms. The van der Waals surface area contributed by atoms with E-state index in [1.54, 1.807) is 30.3 Å². The lowest BCUT2D eigenvalue weighted by molar-refractivity contribution is 0.103. The normalized spacial score (nSPS) is 9.39. The fraction of sp³-hybridized carbons (Fsp3) is 0. The van der Waals surface area contributed by atoms with E-state index >= 15 is 0 Å². The van der Waals surface area contributed by atoms with Gasteiger partial charge in [-0.1, -0.05) is 15.9 Å². The Bertz CT molecular complexity index is 847. The van der Waals surface area contributed by atoms with E-state index in [0.29, 0.717) is 15.7 Å². The highest BCUT2D eigenvalue weighted by Gasteiger charge is 2.14. The smallest absolute Gasteiger partial charge is 0.237 e. The average Bonchev–Trinajstić information content (AvgIpc) is 2.57. The van der Waals surface area contributed by atoms with Crippen molar-refractivity contribution in [2.24, 2.45) is 5.10 Å². The molecule has 112 valence electrons. The molecule has 0 atom stereocenters. The number of halogens is 2. The van der Waals surface area contributed by atoms with E-state index in [1.165, 1.54) is 24.3 Å². The molecule has 0 aliphatic rings. The molecule has 5 nitrogen and oxygen atoms in total. The summed E-state index contributed by atoms with van der Waals surface area (Å²) in [7, 11) is 0. The molecule has 0 saturated carbocycles. The Balaban J connectivity index is 2.41. The number of nitrogens with zero attached hydrogens (tertiary/aromatic N) is 3. The Morgan fingerprint density at radius 3 is 2.39 bits per heavy atom. The van der Waals surface area contributed by atoms with E-state index in [4.69, 9.17) is 10.5 Å². The molecule has 0 amide bonds. The third-order valence-corrected chi connectivity index (χ3v) is 3.33. The quantitative estimate of drug-likeness (QED) is 0.505. The SMILES string of the molecule is N#CC(C#N)=NNc1ccc(Br)cc1C(=O)c1ccc(F)cc1. The van der Waals surface area contributed by atoms with Crippen LogP contribution in [0.15, 0.2) is 52.0 Å². The van der Waals surface area contributed by atoms with Crippen LogP contribution in [-0.4, -0.2) is 11.5 Å². The van der Waals surface area contributed by atoms with Gasteiger partial charge < -0.3 is 0 Å². The van der Waals surface area contributed by atoms with Gasteiger partial charge in [-0.05, 0) is 42.5 Å². The number of ketones is 1. The lowest BCUT2D eigenvalue weighted by Crippen LogP contribution is -2.06. The summed E-state index contributed by atoms with van der Waals surface area (Å²) in [4.78, 5) is 12.6. The van der Waals surface area contributed by atoms with Crippen LogP contribution in [-0.2, 0) is 0 Å². The number of benzene rings is 2. The standard InChI is InChI=1S/C16H8BrFN4O/c17-11-3-6-15(22-21-13(8-19)9-20)14(7-11)16(23)10-1-4-12(18)5-2-10/h1-7,22H. The Labute approximate surface area is 139 Å². The predicted molar refractivity (Wildman–Crippen MR) is 86.3 cm³/mol. The van der Waals surface area contributed by atoms with Crippen LogP contribution in [0.5, 0.6) is 0 Å². The zero-order chi connectivity index (χ0) is 16.8. The van der Waals surface area contributed by atoms with Gasteiger partial charge in [0.25, 0.3) is 0 Å². The number of nitrogens with one attached hydrogen (secondary N) is 1. The Morgan fingerprint density at radius 1 is 1.13 bits per heavy atom. The number of hydrazone groups is 1. The van der Waals surface area contributed by atoms with Gasteiger partial charge in [0.05, 0.1) is 5.69 Å². The Kier molecular flexibility index (Phi) is 5.19. The van der Waals surface area contributed by atoms with E-state index in [0.717, 1.165) is 0 Å². The molecule has 0 saturated heterocycles. The van der Waals surface area contributed by atoms with Crippen molar-refractivity contribution in [3.8, 4) is 12.1 Å². The molecule has 2 aromatic rings. The molecule has 0 fully saturated rings. The fourth-order valence-corrected chi connectivity index (χ4v) is 2.11. The molecule has 0 unspecified atom stereocenters. The topological polar surface area (TPSA) is 89.0 Å². The fourth-order valence-electron chi connectivity index (χ4n) is 1.75. The van der Waals surface area contributed by atoms with E-state index < -0.39 is 5.82 Å². The van der Waals surface area contributed by atoms with Crippen molar-refractivity contribution in [2.45, 2.75) is 0 Å². The monoisotopic (exact) mass is 370 g/mol. The number of carbonyl (C=O) groups is 1. The molecule has 23 heavy (non-hydrogen) atoms. The van der Waals surface area contributed by atoms with Crippen LogP contribution < -0.4 is 5.43 Å². The number of hydrogen-bond acceptors (Lipinski definition) is 5. The highest BCUT2D eigenvalue weighted by atomic mass is 79.9. The van der Waals surface area contributed by atoms with Crippen LogP contribution in [0.1, 0.15) is 15.9 Å². The van der Waals surface area contributed by atoms with Gasteiger partial charge in [0, 0.05) is 15.6 Å². The van der Waals surface area contributed by atoms with Crippen molar-refractivity contribution in [3.63, 3.8) is 0 Å². The van der Waals surface area contributed by atoms with Crippen molar-refractivity contribution >= 4 is 33.1 Å². The average molecular weight is 371 g/mol. The maximum Gasteiger partial charge on any atom is 0.237 e. The molecule has 0 bridgehead atoms. The van der Waals surface area contributed by atoms with Gasteiger partial charge in [-0.2, -0.15) is 15.6 Å². The highest BCUT2D eigenvalue weighted by Crippen LogP contribution is 2.24. The first-order valence-corrected chi connectivity index (χ1v) is 7.08. The number of anilines is 1. The number of rotatable bonds is 4. The van der Waals surface area contributed by atoms with Crippen LogP contribution in [0.25, 0.3) is 0 Å². The molecule has 0 spiro atoms. The summed E-state index contributed by atoms with van der Waals surface area (Å²) in [5.41, 5.74) is 3.06. The number of nitriles is 2. The summed E-state index contributed by atoms with van der Waals surface area (Å²) in [5.74, 6) is -0.786. The van der Waals surface area contributed by atoms with E-state index in [1.807, 2.05) is 0 Å². The first kappa shape index (κ1) is 16.3. The molecule has 0 radical (unpaired) electrons. The highest BCUT2D eigenvalue weighted by molar-refractivity contribution is 9.10. The van der Waals surface area contributed by atoms with Crippen LogP contribution in [0.4, 0.5) is 10.1 Å². The minimum Gasteiger partial charge on any atom is -0.289 e. The number of hydrogen-bond donors (Lipinski definition) is 1. The van der Waals surface area contributed by atoms with Crippen LogP contribution >= 0.6 is 15.9 Å². The third kappa shape index (κ3) is 4.00. The second-order valence-corrected chi connectivity index (χ2v) is 5.24. The van der Waals surface area contributed by atoms with Crippen molar-refractivity contribution in [1.29, 1.82) is 10.5 Å². The van der Waals surface area contributed by atoms with Gasteiger partial charge in [0.15, 0.2) is 5.78 Å². The summed E-state index contributed by atoms with van der Waals surface area (Å²) in [6.07, 6.45) is 0. The van der Waals surface area contributed by atoms with E-state index in [2.05, 4.69) is 26.5 Å². The van der Waals surface area contributed by atoms with Crippen LogP contribution in [0.3, 0.4) is 0 Å². The minimum absolute atomic E-state index is 0.268. The van der Waals surface area contributed by atoms with Crippen molar-refractivity contribution < 1.29 is 9.18 Å². The molecule has 0 heterocycles. The Morgan fingerprint density at radius 2 is 1.78 bits per heavy atom. The summed E-state index contributed by atoms with van der Waals surface area (Å²) >= 11 is 3.28. The van der Waals surface area contributed by atoms with Crippen LogP contribution in [0, 0.1) is 28.5 Å². The van der Waals surface area contributed by atoms with Crippen LogP contribution in [0.2, 0.25) is 0 Å². The molecule has 1 N–H and O–H groups in total. The van der Waals surface area contributed by atoms with Gasteiger partial charge in [-0.15, -0.1) is 0 Å². The van der Waals surface area contributed by atoms with Gasteiger partial charge in [-0.3, -0.25) is 10.2 Å². The summed E-state index contributed by atoms with van der Waals surface area (Å²) in [6, 6.07) is 13.2. The van der Waals surface area contributed by atoms with Gasteiger partial charge >= 0.3 is 0 Å². The zero-order valence-corrected chi connectivity index (χ0v) is 13.1. The predicted octanol–water partition coefficient (Wildman–Crippen LogP) is 3.63. The van der Waals surface area contributed by atoms with Gasteiger partial charge in [-0.25, -0.2) is 4.39 Å². The second-order valence-electron chi connectivity index (χ2n) is 4.32. The van der Waals surface area contributed by atoms with Crippen molar-refractivity contribution in [2.75, 3.05) is 5.43 Å². The van der Waals surface area contributed by atoms with Gasteiger partial charge in [0.1, 0.15) is 18.0 Å². The maximum absolute atomic E-state index is 13.0. The summed E-state index contributed by atoms with van der Waals surface area (Å²) in [6.45, 7) is 0. The lowest BCUT2D eigenvalue weighted by atomic mass is 10.0. The molecule has 2 aromatic carbocycles.